The van der Waals surface area contributed by atoms with Crippen LogP contribution in [-0.4, -0.2) is 51.3 Å². The van der Waals surface area contributed by atoms with E-state index in [1.54, 1.807) is 12.3 Å². The van der Waals surface area contributed by atoms with Gasteiger partial charge in [-0.15, -0.1) is 11.3 Å². The van der Waals surface area contributed by atoms with Crippen LogP contribution in [-0.2, 0) is 16.1 Å². The first-order valence-corrected chi connectivity index (χ1v) is 7.91. The molecule has 0 aliphatic carbocycles. The number of carbonyl (C=O) groups excluding carboxylic acids is 3. The van der Waals surface area contributed by atoms with Crippen molar-refractivity contribution < 1.29 is 19.5 Å². The smallest absolute Gasteiger partial charge is 0.256 e. The Morgan fingerprint density at radius 3 is 2.77 bits per heavy atom. The zero-order valence-electron chi connectivity index (χ0n) is 12.2. The van der Waals surface area contributed by atoms with E-state index in [1.807, 2.05) is 0 Å². The van der Waals surface area contributed by atoms with Crippen molar-refractivity contribution in [3.05, 3.63) is 16.5 Å². The average molecular weight is 323 g/mol. The van der Waals surface area contributed by atoms with Crippen LogP contribution in [0, 0.1) is 0 Å². The third kappa shape index (κ3) is 1.94. The number of amides is 3. The summed E-state index contributed by atoms with van der Waals surface area (Å²) in [5.41, 5.74) is 6.10. The fourth-order valence-electron chi connectivity index (χ4n) is 3.09. The van der Waals surface area contributed by atoms with E-state index >= 15 is 0 Å². The number of piperidine rings is 1. The molecule has 3 amide bonds. The zero-order valence-corrected chi connectivity index (χ0v) is 13.0. The maximum absolute atomic E-state index is 12.7. The second kappa shape index (κ2) is 5.06. The number of nitrogens with zero attached hydrogens (tertiary/aromatic N) is 2. The Morgan fingerprint density at radius 1 is 1.41 bits per heavy atom. The predicted molar refractivity (Wildman–Crippen MR) is 80.0 cm³/mol. The number of anilines is 1. The summed E-state index contributed by atoms with van der Waals surface area (Å²) in [6.45, 7) is 1.63. The van der Waals surface area contributed by atoms with Crippen molar-refractivity contribution in [2.75, 3.05) is 18.9 Å². The van der Waals surface area contributed by atoms with Gasteiger partial charge in [0.25, 0.3) is 11.8 Å². The molecule has 0 saturated carbocycles. The van der Waals surface area contributed by atoms with Crippen molar-refractivity contribution in [1.29, 1.82) is 0 Å². The van der Waals surface area contributed by atoms with Gasteiger partial charge in [0.05, 0.1) is 30.3 Å². The van der Waals surface area contributed by atoms with Crippen LogP contribution >= 0.6 is 11.3 Å². The Hall–Kier alpha value is -1.93. The van der Waals surface area contributed by atoms with Crippen molar-refractivity contribution in [1.82, 2.24) is 9.80 Å². The summed E-state index contributed by atoms with van der Waals surface area (Å²) in [6.07, 6.45) is 0.459. The van der Waals surface area contributed by atoms with Gasteiger partial charge in [-0.3, -0.25) is 19.3 Å². The van der Waals surface area contributed by atoms with Gasteiger partial charge in [-0.1, -0.05) is 0 Å². The van der Waals surface area contributed by atoms with Gasteiger partial charge in [-0.2, -0.15) is 0 Å². The number of imide groups is 1. The number of β-amino-alcohol motifs (C(OH)–C–C–N with tert-alkyl or cyclic N) is 1. The Balaban J connectivity index is 1.92. The summed E-state index contributed by atoms with van der Waals surface area (Å²) in [6, 6.07) is 0. The summed E-state index contributed by atoms with van der Waals surface area (Å²) in [7, 11) is 0. The summed E-state index contributed by atoms with van der Waals surface area (Å²) < 4.78 is 0. The standard InChI is InChI=1S/C14H17N3O4S/c1-14(3-2-10(19)16(4-5-18)13(14)21)17-6-8-9(12(17)20)7-22-11(8)15/h7,18H,2-6,15H2,1H3. The minimum absolute atomic E-state index is 0.0430. The number of nitrogen functional groups attached to an aromatic ring is 1. The molecule has 1 fully saturated rings. The van der Waals surface area contributed by atoms with Crippen molar-refractivity contribution in [3.8, 4) is 0 Å². The Kier molecular flexibility index (Phi) is 3.45. The molecule has 118 valence electrons. The highest BCUT2D eigenvalue weighted by Crippen LogP contribution is 2.40. The molecule has 0 radical (unpaired) electrons. The van der Waals surface area contributed by atoms with Gasteiger partial charge in [0.2, 0.25) is 5.91 Å². The molecule has 2 aliphatic rings. The minimum atomic E-state index is -1.08. The summed E-state index contributed by atoms with van der Waals surface area (Å²) in [5, 5.41) is 11.3. The quantitative estimate of drug-likeness (QED) is 0.773. The first kappa shape index (κ1) is 15.0. The normalized spacial score (nSPS) is 25.1. The second-order valence-corrected chi connectivity index (χ2v) is 6.64. The number of hydrogen-bond acceptors (Lipinski definition) is 6. The van der Waals surface area contributed by atoms with Crippen LogP contribution in [0.5, 0.6) is 0 Å². The fourth-order valence-corrected chi connectivity index (χ4v) is 3.89. The van der Waals surface area contributed by atoms with E-state index in [9.17, 15) is 14.4 Å². The second-order valence-electron chi connectivity index (χ2n) is 5.73. The van der Waals surface area contributed by atoms with Crippen LogP contribution in [0.25, 0.3) is 0 Å². The molecule has 22 heavy (non-hydrogen) atoms. The van der Waals surface area contributed by atoms with Crippen LogP contribution in [0.3, 0.4) is 0 Å². The topological polar surface area (TPSA) is 104 Å². The molecule has 2 aliphatic heterocycles. The van der Waals surface area contributed by atoms with E-state index in [2.05, 4.69) is 0 Å². The third-order valence-corrected chi connectivity index (χ3v) is 5.32. The Bertz CT molecular complexity index is 671. The van der Waals surface area contributed by atoms with Gasteiger partial charge >= 0.3 is 0 Å². The first-order valence-electron chi connectivity index (χ1n) is 7.03. The third-order valence-electron chi connectivity index (χ3n) is 4.47. The van der Waals surface area contributed by atoms with Crippen molar-refractivity contribution in [2.45, 2.75) is 31.8 Å². The maximum atomic E-state index is 12.7. The van der Waals surface area contributed by atoms with E-state index < -0.39 is 11.4 Å². The molecule has 1 aromatic rings. The van der Waals surface area contributed by atoms with Gasteiger partial charge in [-0.25, -0.2) is 0 Å². The first-order chi connectivity index (χ1) is 10.4. The van der Waals surface area contributed by atoms with Crippen molar-refractivity contribution in [2.24, 2.45) is 0 Å². The van der Waals surface area contributed by atoms with Gasteiger partial charge in [-0.05, 0) is 13.3 Å². The van der Waals surface area contributed by atoms with Gasteiger partial charge < -0.3 is 15.7 Å². The number of hydrogen-bond donors (Lipinski definition) is 2. The molecule has 0 bridgehead atoms. The maximum Gasteiger partial charge on any atom is 0.256 e. The van der Waals surface area contributed by atoms with Crippen LogP contribution in [0.15, 0.2) is 5.38 Å². The molecule has 1 atom stereocenters. The van der Waals surface area contributed by atoms with Gasteiger partial charge in [0.1, 0.15) is 5.54 Å². The molecular weight excluding hydrogens is 306 g/mol. The Morgan fingerprint density at radius 2 is 2.14 bits per heavy atom. The van der Waals surface area contributed by atoms with E-state index in [0.717, 1.165) is 10.5 Å². The van der Waals surface area contributed by atoms with E-state index in [1.165, 1.54) is 16.2 Å². The van der Waals surface area contributed by atoms with Crippen LogP contribution in [0.2, 0.25) is 0 Å². The van der Waals surface area contributed by atoms with E-state index in [0.29, 0.717) is 10.6 Å². The lowest BCUT2D eigenvalue weighted by Crippen LogP contribution is -2.62. The molecule has 1 unspecified atom stereocenters. The SMILES string of the molecule is CC1(N2Cc3c(csc3N)C2=O)CCC(=O)N(CCO)C1=O. The molecule has 0 spiro atoms. The lowest BCUT2D eigenvalue weighted by molar-refractivity contribution is -0.158. The predicted octanol–water partition coefficient (Wildman–Crippen LogP) is 0.186. The lowest BCUT2D eigenvalue weighted by atomic mass is 9.87. The van der Waals surface area contributed by atoms with Crippen LogP contribution in [0.4, 0.5) is 5.00 Å². The zero-order chi connectivity index (χ0) is 16.1. The van der Waals surface area contributed by atoms with Crippen molar-refractivity contribution >= 4 is 34.1 Å². The highest BCUT2D eigenvalue weighted by molar-refractivity contribution is 7.14. The number of aliphatic hydroxyl groups excluding tert-OH is 1. The highest BCUT2D eigenvalue weighted by Gasteiger charge is 2.51. The Labute approximate surface area is 131 Å². The van der Waals surface area contributed by atoms with Gasteiger partial charge in [0.15, 0.2) is 0 Å². The molecule has 1 aromatic heterocycles. The molecular formula is C14H17N3O4S. The molecule has 8 heteroatoms. The van der Waals surface area contributed by atoms with Crippen molar-refractivity contribution in [3.63, 3.8) is 0 Å². The molecule has 3 heterocycles. The minimum Gasteiger partial charge on any atom is -0.395 e. The number of nitrogens with two attached hydrogens (primary N) is 1. The number of thiophene rings is 1. The monoisotopic (exact) mass is 323 g/mol. The average Bonchev–Trinajstić information content (AvgIpc) is 3.01. The van der Waals surface area contributed by atoms with Gasteiger partial charge in [0, 0.05) is 17.4 Å². The molecule has 3 rings (SSSR count). The molecule has 0 aromatic carbocycles. The highest BCUT2D eigenvalue weighted by atomic mass is 32.1. The fraction of sp³-hybridized carbons (Fsp3) is 0.500. The number of rotatable bonds is 3. The lowest BCUT2D eigenvalue weighted by Gasteiger charge is -2.43. The van der Waals surface area contributed by atoms with E-state index in [-0.39, 0.29) is 44.4 Å². The van der Waals surface area contributed by atoms with Crippen LogP contribution in [0.1, 0.15) is 35.7 Å². The number of likely N-dealkylation sites (tertiary alicyclic amines) is 1. The van der Waals surface area contributed by atoms with E-state index in [4.69, 9.17) is 10.8 Å². The largest absolute Gasteiger partial charge is 0.395 e. The van der Waals surface area contributed by atoms with Crippen LogP contribution < -0.4 is 5.73 Å². The summed E-state index contributed by atoms with van der Waals surface area (Å²) >= 11 is 1.32. The number of aliphatic hydroxyl groups is 1. The number of fused-ring (bicyclic) bond motifs is 1. The molecule has 7 nitrogen and oxygen atoms in total. The number of carbonyl (C=O) groups is 3. The molecule has 3 N–H and O–H groups in total. The summed E-state index contributed by atoms with van der Waals surface area (Å²) in [5.74, 6) is -0.965. The molecule has 1 saturated heterocycles. The summed E-state index contributed by atoms with van der Waals surface area (Å²) in [4.78, 5) is 39.7.